The van der Waals surface area contributed by atoms with Crippen LogP contribution in [-0.2, 0) is 19.1 Å². The summed E-state index contributed by atoms with van der Waals surface area (Å²) in [5.74, 6) is -1.10. The van der Waals surface area contributed by atoms with Gasteiger partial charge in [0.2, 0.25) is 5.91 Å². The molecule has 1 rings (SSSR count). The van der Waals surface area contributed by atoms with E-state index in [9.17, 15) is 14.4 Å². The highest BCUT2D eigenvalue weighted by molar-refractivity contribution is 5.83. The van der Waals surface area contributed by atoms with Gasteiger partial charge in [0.1, 0.15) is 11.9 Å². The molecule has 1 aliphatic rings. The van der Waals surface area contributed by atoms with Gasteiger partial charge in [-0.15, -0.1) is 0 Å². The number of cyclic esters (lactones) is 1. The fourth-order valence-corrected chi connectivity index (χ4v) is 2.75. The normalized spacial score (nSPS) is 24.1. The molecule has 0 aliphatic carbocycles. The van der Waals surface area contributed by atoms with Crippen LogP contribution in [0, 0.1) is 11.8 Å². The second-order valence-corrected chi connectivity index (χ2v) is 5.96. The Morgan fingerprint density at radius 2 is 2.09 bits per heavy atom. The Bertz CT molecular complexity index is 491. The molecule has 2 N–H and O–H groups in total. The molecule has 5 nitrogen and oxygen atoms in total. The summed E-state index contributed by atoms with van der Waals surface area (Å²) in [5.41, 5.74) is 6.20. The molecular weight excluding hydrogens is 282 g/mol. The minimum absolute atomic E-state index is 0.0291. The van der Waals surface area contributed by atoms with E-state index in [1.807, 2.05) is 39.0 Å². The SMILES string of the molecule is C/C=C/C(C)=C/C(C)C(=O)CC1CC(CC(N)=O)CC(=O)O1. The summed E-state index contributed by atoms with van der Waals surface area (Å²) in [5, 5.41) is 0. The molecule has 5 heteroatoms. The average Bonchev–Trinajstić information content (AvgIpc) is 2.36. The number of esters is 1. The number of Topliss-reactive ketones (excluding diaryl/α,β-unsaturated/α-hetero) is 1. The first-order valence-electron chi connectivity index (χ1n) is 7.63. The number of rotatable bonds is 7. The maximum Gasteiger partial charge on any atom is 0.306 e. The second kappa shape index (κ2) is 8.51. The number of hydrogen-bond acceptors (Lipinski definition) is 4. The van der Waals surface area contributed by atoms with Gasteiger partial charge in [0.05, 0.1) is 0 Å². The molecule has 1 fully saturated rings. The van der Waals surface area contributed by atoms with Gasteiger partial charge in [-0.2, -0.15) is 0 Å². The van der Waals surface area contributed by atoms with Crippen molar-refractivity contribution in [2.45, 2.75) is 52.6 Å². The lowest BCUT2D eigenvalue weighted by atomic mass is 9.88. The summed E-state index contributed by atoms with van der Waals surface area (Å²) < 4.78 is 5.22. The fourth-order valence-electron chi connectivity index (χ4n) is 2.75. The molecule has 0 aromatic carbocycles. The van der Waals surface area contributed by atoms with Crippen molar-refractivity contribution in [3.05, 3.63) is 23.8 Å². The van der Waals surface area contributed by atoms with Crippen LogP contribution >= 0.6 is 0 Å². The van der Waals surface area contributed by atoms with Crippen LogP contribution in [0.5, 0.6) is 0 Å². The van der Waals surface area contributed by atoms with E-state index in [4.69, 9.17) is 10.5 Å². The molecule has 0 saturated carbocycles. The van der Waals surface area contributed by atoms with Gasteiger partial charge < -0.3 is 10.5 Å². The molecule has 0 aromatic heterocycles. The van der Waals surface area contributed by atoms with Gasteiger partial charge in [-0.25, -0.2) is 0 Å². The van der Waals surface area contributed by atoms with Crippen molar-refractivity contribution in [2.24, 2.45) is 17.6 Å². The van der Waals surface area contributed by atoms with E-state index in [0.717, 1.165) is 5.57 Å². The Labute approximate surface area is 131 Å². The number of ether oxygens (including phenoxy) is 1. The van der Waals surface area contributed by atoms with Gasteiger partial charge in [-0.1, -0.05) is 30.7 Å². The zero-order valence-electron chi connectivity index (χ0n) is 13.5. The molecule has 122 valence electrons. The molecular formula is C17H25NO4. The monoisotopic (exact) mass is 307 g/mol. The number of nitrogens with two attached hydrogens (primary N) is 1. The highest BCUT2D eigenvalue weighted by atomic mass is 16.5. The molecule has 1 heterocycles. The van der Waals surface area contributed by atoms with Gasteiger partial charge in [0.25, 0.3) is 0 Å². The largest absolute Gasteiger partial charge is 0.462 e. The minimum atomic E-state index is -0.448. The fraction of sp³-hybridized carbons (Fsp3) is 0.588. The number of amides is 1. The number of carbonyl (C=O) groups excluding carboxylic acids is 3. The van der Waals surface area contributed by atoms with E-state index in [-0.39, 0.29) is 42.9 Å². The number of allylic oxidation sites excluding steroid dienone is 4. The quantitative estimate of drug-likeness (QED) is 0.577. The van der Waals surface area contributed by atoms with Crippen molar-refractivity contribution in [3.8, 4) is 0 Å². The van der Waals surface area contributed by atoms with Crippen LogP contribution in [0.3, 0.4) is 0 Å². The first kappa shape index (κ1) is 18.1. The van der Waals surface area contributed by atoms with E-state index < -0.39 is 12.0 Å². The lowest BCUT2D eigenvalue weighted by molar-refractivity contribution is -0.158. The highest BCUT2D eigenvalue weighted by Gasteiger charge is 2.31. The van der Waals surface area contributed by atoms with Crippen molar-refractivity contribution in [2.75, 3.05) is 0 Å². The molecule has 0 bridgehead atoms. The third-order valence-corrected chi connectivity index (χ3v) is 3.72. The zero-order chi connectivity index (χ0) is 16.7. The van der Waals surface area contributed by atoms with E-state index >= 15 is 0 Å². The molecule has 0 spiro atoms. The molecule has 1 amide bonds. The van der Waals surface area contributed by atoms with Gasteiger partial charge in [0.15, 0.2) is 0 Å². The summed E-state index contributed by atoms with van der Waals surface area (Å²) in [7, 11) is 0. The second-order valence-electron chi connectivity index (χ2n) is 5.96. The van der Waals surface area contributed by atoms with Crippen molar-refractivity contribution in [1.29, 1.82) is 0 Å². The van der Waals surface area contributed by atoms with Crippen molar-refractivity contribution in [1.82, 2.24) is 0 Å². The Morgan fingerprint density at radius 1 is 1.41 bits per heavy atom. The standard InChI is InChI=1S/C17H25NO4/c1-4-5-11(2)6-12(3)15(19)10-14-7-13(8-16(18)20)9-17(21)22-14/h4-6,12-14H,7-10H2,1-3H3,(H2,18,20)/b5-4+,11-6+. The summed E-state index contributed by atoms with van der Waals surface area (Å²) in [6, 6.07) is 0. The Kier molecular flexibility index (Phi) is 7.02. The lowest BCUT2D eigenvalue weighted by Gasteiger charge is -2.28. The Balaban J connectivity index is 2.60. The first-order chi connectivity index (χ1) is 10.3. The third-order valence-electron chi connectivity index (χ3n) is 3.72. The van der Waals surface area contributed by atoms with Crippen molar-refractivity contribution in [3.63, 3.8) is 0 Å². The number of primary amides is 1. The molecule has 0 radical (unpaired) electrons. The lowest BCUT2D eigenvalue weighted by Crippen LogP contribution is -2.34. The van der Waals surface area contributed by atoms with E-state index in [1.165, 1.54) is 0 Å². The highest BCUT2D eigenvalue weighted by Crippen LogP contribution is 2.26. The van der Waals surface area contributed by atoms with Crippen LogP contribution in [0.15, 0.2) is 23.8 Å². The van der Waals surface area contributed by atoms with Gasteiger partial charge in [0, 0.05) is 25.2 Å². The molecule has 22 heavy (non-hydrogen) atoms. The number of hydrogen-bond donors (Lipinski definition) is 1. The summed E-state index contributed by atoms with van der Waals surface area (Å²) >= 11 is 0. The maximum atomic E-state index is 12.2. The molecule has 3 unspecified atom stereocenters. The first-order valence-corrected chi connectivity index (χ1v) is 7.63. The van der Waals surface area contributed by atoms with Crippen LogP contribution in [-0.4, -0.2) is 23.8 Å². The van der Waals surface area contributed by atoms with E-state index in [0.29, 0.717) is 6.42 Å². The van der Waals surface area contributed by atoms with Crippen molar-refractivity contribution < 1.29 is 19.1 Å². The predicted molar refractivity (Wildman–Crippen MR) is 83.8 cm³/mol. The topological polar surface area (TPSA) is 86.5 Å². The van der Waals surface area contributed by atoms with Crippen LogP contribution in [0.2, 0.25) is 0 Å². The van der Waals surface area contributed by atoms with Gasteiger partial charge >= 0.3 is 5.97 Å². The third kappa shape index (κ3) is 6.24. The summed E-state index contributed by atoms with van der Waals surface area (Å²) in [6.07, 6.45) is 6.36. The molecule has 3 atom stereocenters. The predicted octanol–water partition coefficient (Wildman–Crippen LogP) is 2.30. The minimum Gasteiger partial charge on any atom is -0.462 e. The van der Waals surface area contributed by atoms with Crippen LogP contribution < -0.4 is 5.73 Å². The zero-order valence-corrected chi connectivity index (χ0v) is 13.5. The number of carbonyl (C=O) groups is 3. The van der Waals surface area contributed by atoms with Crippen LogP contribution in [0.25, 0.3) is 0 Å². The number of ketones is 1. The van der Waals surface area contributed by atoms with Crippen molar-refractivity contribution >= 4 is 17.7 Å². The molecule has 1 aliphatic heterocycles. The molecule has 1 saturated heterocycles. The Hall–Kier alpha value is -1.91. The Morgan fingerprint density at radius 3 is 2.68 bits per heavy atom. The summed E-state index contributed by atoms with van der Waals surface area (Å²) in [4.78, 5) is 34.8. The average molecular weight is 307 g/mol. The maximum absolute atomic E-state index is 12.2. The van der Waals surface area contributed by atoms with Gasteiger partial charge in [-0.05, 0) is 26.2 Å². The van der Waals surface area contributed by atoms with E-state index in [1.54, 1.807) is 0 Å². The smallest absolute Gasteiger partial charge is 0.306 e. The van der Waals surface area contributed by atoms with E-state index in [2.05, 4.69) is 0 Å². The van der Waals surface area contributed by atoms with Crippen LogP contribution in [0.1, 0.15) is 46.5 Å². The summed E-state index contributed by atoms with van der Waals surface area (Å²) in [6.45, 7) is 5.69. The van der Waals surface area contributed by atoms with Crippen LogP contribution in [0.4, 0.5) is 0 Å². The van der Waals surface area contributed by atoms with Gasteiger partial charge in [-0.3, -0.25) is 14.4 Å². The molecule has 0 aromatic rings.